The van der Waals surface area contributed by atoms with Crippen molar-refractivity contribution in [2.75, 3.05) is 0 Å². The monoisotopic (exact) mass is 408 g/mol. The summed E-state index contributed by atoms with van der Waals surface area (Å²) in [7, 11) is 0. The predicted octanol–water partition coefficient (Wildman–Crippen LogP) is 6.14. The minimum absolute atomic E-state index is 0. The molecule has 1 nitrogen and oxygen atoms in total. The van der Waals surface area contributed by atoms with Crippen molar-refractivity contribution in [2.24, 2.45) is 0 Å². The molecule has 2 aliphatic rings. The summed E-state index contributed by atoms with van der Waals surface area (Å²) >= 11 is 0. The van der Waals surface area contributed by atoms with Crippen LogP contribution in [0.25, 0.3) is 11.1 Å². The van der Waals surface area contributed by atoms with E-state index in [9.17, 15) is 5.11 Å². The third-order valence-electron chi connectivity index (χ3n) is 4.44. The van der Waals surface area contributed by atoms with E-state index in [0.717, 1.165) is 12.0 Å². The number of rotatable bonds is 4. The number of phenolic OH excluding ortho intramolecular Hbond substituents is 1. The fourth-order valence-electron chi connectivity index (χ4n) is 3.17. The first-order valence-corrected chi connectivity index (χ1v) is 9.26. The summed E-state index contributed by atoms with van der Waals surface area (Å²) in [6.07, 6.45) is 19.4. The first-order chi connectivity index (χ1) is 13.3. The molecule has 0 unspecified atom stereocenters. The number of allylic oxidation sites excluding steroid dienone is 2. The Kier molecular flexibility index (Phi) is 9.88. The van der Waals surface area contributed by atoms with E-state index in [1.54, 1.807) is 12.1 Å². The van der Waals surface area contributed by atoms with Gasteiger partial charge >= 0.3 is 17.1 Å². The molecule has 0 amide bonds. The Hall–Kier alpha value is -1.50. The molecule has 0 aromatic heterocycles. The number of phenols is 1. The Bertz CT molecular complexity index is 700. The number of aromatic hydroxyl groups is 1. The van der Waals surface area contributed by atoms with Gasteiger partial charge in [-0.05, 0) is 98.6 Å². The Morgan fingerprint density at radius 1 is 0.679 bits per heavy atom. The normalized spacial score (nSPS) is 17.3. The standard InChI is InChI=1S/C21H19O.C5H5.Fe/c1-2-20(16-8-4-3-5-9-16)21(17-10-6-7-11-17)18-12-14-19(22)15-13-18;1-2-4-5-3-1;/h3-15,22H,2H2,1H3;1-5H;/q;;+2/b21-20+;;. The summed E-state index contributed by atoms with van der Waals surface area (Å²) in [4.78, 5) is 0. The van der Waals surface area contributed by atoms with Crippen LogP contribution in [0.2, 0.25) is 0 Å². The van der Waals surface area contributed by atoms with Crippen LogP contribution in [-0.4, -0.2) is 5.11 Å². The molecule has 2 aromatic carbocycles. The molecule has 2 saturated carbocycles. The van der Waals surface area contributed by atoms with Gasteiger partial charge in [0, 0.05) is 5.92 Å². The van der Waals surface area contributed by atoms with E-state index in [0.29, 0.717) is 5.75 Å². The maximum Gasteiger partial charge on any atom is 2.00 e. The molecule has 0 saturated heterocycles. The van der Waals surface area contributed by atoms with Crippen LogP contribution in [-0.2, 0) is 17.1 Å². The van der Waals surface area contributed by atoms with Gasteiger partial charge in [-0.2, -0.15) is 0 Å². The average Bonchev–Trinajstić information content (AvgIpc) is 3.44. The van der Waals surface area contributed by atoms with Crippen LogP contribution in [0, 0.1) is 63.7 Å². The third kappa shape index (κ3) is 6.26. The van der Waals surface area contributed by atoms with Crippen LogP contribution in [0.1, 0.15) is 24.5 Å². The second kappa shape index (κ2) is 12.1. The third-order valence-corrected chi connectivity index (χ3v) is 4.44. The maximum atomic E-state index is 9.57. The first kappa shape index (κ1) is 22.8. The van der Waals surface area contributed by atoms with Crippen LogP contribution < -0.4 is 0 Å². The fraction of sp³-hybridized carbons (Fsp3) is 0.0769. The second-order valence-electron chi connectivity index (χ2n) is 6.26. The molecular formula is C26H24FeO+2. The molecule has 10 radical (unpaired) electrons. The van der Waals surface area contributed by atoms with Crippen LogP contribution in [0.5, 0.6) is 5.75 Å². The van der Waals surface area contributed by atoms with Gasteiger partial charge in [-0.1, -0.05) is 49.4 Å². The summed E-state index contributed by atoms with van der Waals surface area (Å²) in [6, 6.07) is 18.0. The van der Waals surface area contributed by atoms with Crippen molar-refractivity contribution in [3.63, 3.8) is 0 Å². The molecule has 140 valence electrons. The van der Waals surface area contributed by atoms with E-state index in [1.807, 2.05) is 50.3 Å². The number of hydrogen-bond donors (Lipinski definition) is 1. The summed E-state index contributed by atoms with van der Waals surface area (Å²) < 4.78 is 0. The zero-order chi connectivity index (χ0) is 18.9. The topological polar surface area (TPSA) is 20.2 Å². The molecule has 0 spiro atoms. The second-order valence-corrected chi connectivity index (χ2v) is 6.26. The fourth-order valence-corrected chi connectivity index (χ4v) is 3.17. The Balaban J connectivity index is 0.000000408. The van der Waals surface area contributed by atoms with Crippen LogP contribution in [0.4, 0.5) is 0 Å². The van der Waals surface area contributed by atoms with Crippen molar-refractivity contribution in [3.8, 4) is 5.75 Å². The van der Waals surface area contributed by atoms with Crippen molar-refractivity contribution in [2.45, 2.75) is 13.3 Å². The Morgan fingerprint density at radius 2 is 1.21 bits per heavy atom. The minimum atomic E-state index is 0. The van der Waals surface area contributed by atoms with Crippen molar-refractivity contribution in [3.05, 3.63) is 129 Å². The van der Waals surface area contributed by atoms with Gasteiger partial charge in [0.05, 0.1) is 0 Å². The van der Waals surface area contributed by atoms with Gasteiger partial charge in [0.25, 0.3) is 0 Å². The van der Waals surface area contributed by atoms with Crippen molar-refractivity contribution < 1.29 is 22.2 Å². The van der Waals surface area contributed by atoms with Gasteiger partial charge in [0.1, 0.15) is 5.75 Å². The molecule has 0 heterocycles. The number of hydrogen-bond acceptors (Lipinski definition) is 1. The van der Waals surface area contributed by atoms with Gasteiger partial charge in [-0.25, -0.2) is 0 Å². The van der Waals surface area contributed by atoms with Crippen LogP contribution in [0.3, 0.4) is 0 Å². The van der Waals surface area contributed by atoms with Crippen molar-refractivity contribution in [1.29, 1.82) is 0 Å². The zero-order valence-electron chi connectivity index (χ0n) is 15.9. The number of benzene rings is 2. The molecule has 0 atom stereocenters. The molecule has 2 aliphatic carbocycles. The van der Waals surface area contributed by atoms with Crippen molar-refractivity contribution in [1.82, 2.24) is 0 Å². The summed E-state index contributed by atoms with van der Waals surface area (Å²) in [6.45, 7) is 2.19. The smallest absolute Gasteiger partial charge is 0.508 e. The molecule has 2 heteroatoms. The van der Waals surface area contributed by atoms with Gasteiger partial charge in [0.2, 0.25) is 0 Å². The molecule has 4 rings (SSSR count). The van der Waals surface area contributed by atoms with E-state index in [4.69, 9.17) is 0 Å². The van der Waals surface area contributed by atoms with Gasteiger partial charge < -0.3 is 5.11 Å². The molecule has 2 aromatic rings. The summed E-state index contributed by atoms with van der Waals surface area (Å²) in [5.74, 6) is 1.51. The van der Waals surface area contributed by atoms with Gasteiger partial charge in [-0.3, -0.25) is 0 Å². The predicted molar refractivity (Wildman–Crippen MR) is 114 cm³/mol. The molecule has 2 fully saturated rings. The molecule has 28 heavy (non-hydrogen) atoms. The van der Waals surface area contributed by atoms with Crippen LogP contribution in [0.15, 0.2) is 54.6 Å². The zero-order valence-corrected chi connectivity index (χ0v) is 17.0. The summed E-state index contributed by atoms with van der Waals surface area (Å²) in [5.41, 5.74) is 4.93. The van der Waals surface area contributed by atoms with E-state index >= 15 is 0 Å². The molecule has 0 aliphatic heterocycles. The van der Waals surface area contributed by atoms with E-state index in [2.05, 4.69) is 56.9 Å². The van der Waals surface area contributed by atoms with Crippen molar-refractivity contribution >= 4 is 11.1 Å². The van der Waals surface area contributed by atoms with Gasteiger partial charge in [-0.15, -0.1) is 0 Å². The minimum Gasteiger partial charge on any atom is -0.508 e. The Morgan fingerprint density at radius 3 is 1.71 bits per heavy atom. The van der Waals surface area contributed by atoms with E-state index in [1.165, 1.54) is 22.6 Å². The van der Waals surface area contributed by atoms with Gasteiger partial charge in [0.15, 0.2) is 0 Å². The quantitative estimate of drug-likeness (QED) is 0.476. The van der Waals surface area contributed by atoms with E-state index < -0.39 is 0 Å². The Labute approximate surface area is 181 Å². The SMILES string of the molecule is CC/C(=C(/[C]1[CH][CH][CH][CH]1)c1ccc(O)cc1)c1ccccc1.[CH]1[CH][CH][CH][CH]1.[Fe+2]. The molecule has 1 N–H and O–H groups in total. The molecular weight excluding hydrogens is 384 g/mol. The first-order valence-electron chi connectivity index (χ1n) is 9.26. The molecule has 0 bridgehead atoms. The average molecular weight is 408 g/mol. The largest absolute Gasteiger partial charge is 2.00 e. The van der Waals surface area contributed by atoms with E-state index in [-0.39, 0.29) is 17.1 Å². The van der Waals surface area contributed by atoms with Crippen LogP contribution >= 0.6 is 0 Å². The maximum absolute atomic E-state index is 9.57. The summed E-state index contributed by atoms with van der Waals surface area (Å²) in [5, 5.41) is 9.57.